The van der Waals surface area contributed by atoms with E-state index in [1.165, 1.54) is 19.2 Å². The first-order valence-corrected chi connectivity index (χ1v) is 4.64. The van der Waals surface area contributed by atoms with E-state index < -0.39 is 17.1 Å². The van der Waals surface area contributed by atoms with Crippen LogP contribution in [-0.4, -0.2) is 32.8 Å². The summed E-state index contributed by atoms with van der Waals surface area (Å²) in [4.78, 5) is 13.8. The zero-order chi connectivity index (χ0) is 12.3. The number of nitro groups is 1. The number of pyridine rings is 1. The summed E-state index contributed by atoms with van der Waals surface area (Å²) >= 11 is 0. The lowest BCUT2D eigenvalue weighted by atomic mass is 10.1. The first-order chi connectivity index (χ1) is 7.47. The van der Waals surface area contributed by atoms with Gasteiger partial charge < -0.3 is 15.9 Å². The molecule has 1 heterocycles. The zero-order valence-electron chi connectivity index (χ0n) is 8.70. The molecule has 0 aliphatic carbocycles. The van der Waals surface area contributed by atoms with Gasteiger partial charge in [0.15, 0.2) is 0 Å². The molecule has 0 aliphatic heterocycles. The van der Waals surface area contributed by atoms with Gasteiger partial charge in [0.2, 0.25) is 0 Å². The highest BCUT2D eigenvalue weighted by molar-refractivity contribution is 5.38. The van der Waals surface area contributed by atoms with Crippen LogP contribution in [0.4, 0.5) is 5.69 Å². The van der Waals surface area contributed by atoms with Crippen LogP contribution in [0.2, 0.25) is 0 Å². The van der Waals surface area contributed by atoms with Crippen molar-refractivity contribution in [2.75, 3.05) is 6.54 Å². The van der Waals surface area contributed by atoms with Crippen molar-refractivity contribution in [2.45, 2.75) is 19.1 Å². The summed E-state index contributed by atoms with van der Waals surface area (Å²) in [6.45, 7) is 1.36. The van der Waals surface area contributed by atoms with E-state index in [9.17, 15) is 20.3 Å². The van der Waals surface area contributed by atoms with Gasteiger partial charge in [0.1, 0.15) is 11.8 Å². The topological polar surface area (TPSA) is 123 Å². The van der Waals surface area contributed by atoms with E-state index in [0.29, 0.717) is 0 Å². The largest absolute Gasteiger partial charge is 0.389 e. The van der Waals surface area contributed by atoms with E-state index in [1.807, 2.05) is 0 Å². The maximum atomic E-state index is 10.6. The third kappa shape index (κ3) is 2.51. The highest BCUT2D eigenvalue weighted by atomic mass is 16.6. The van der Waals surface area contributed by atoms with E-state index in [-0.39, 0.29) is 23.5 Å². The Balaban J connectivity index is 3.07. The predicted octanol–water partition coefficient (Wildman–Crippen LogP) is -0.349. The second-order valence-electron chi connectivity index (χ2n) is 3.38. The molecular formula is C9H13N3O4. The Morgan fingerprint density at radius 1 is 1.62 bits per heavy atom. The Bertz CT molecular complexity index is 396. The van der Waals surface area contributed by atoms with Gasteiger partial charge in [-0.25, -0.2) is 0 Å². The molecule has 0 saturated heterocycles. The minimum Gasteiger partial charge on any atom is -0.389 e. The standard InChI is InChI=1S/C9H13N3O4/c1-5-7(12(15)16)2-6(4-11-5)9(14)8(13)3-10/h2,4,8-9,13-14H,3,10H2,1H3. The van der Waals surface area contributed by atoms with Crippen molar-refractivity contribution in [1.82, 2.24) is 4.98 Å². The number of nitrogens with zero attached hydrogens (tertiary/aromatic N) is 2. The molecule has 0 aromatic carbocycles. The van der Waals surface area contributed by atoms with Crippen molar-refractivity contribution in [2.24, 2.45) is 5.73 Å². The van der Waals surface area contributed by atoms with Gasteiger partial charge in [-0.05, 0) is 6.92 Å². The Kier molecular flexibility index (Phi) is 3.88. The lowest BCUT2D eigenvalue weighted by molar-refractivity contribution is -0.385. The summed E-state index contributed by atoms with van der Waals surface area (Å²) in [5, 5.41) is 29.5. The molecule has 1 aromatic rings. The molecule has 4 N–H and O–H groups in total. The Morgan fingerprint density at radius 3 is 2.75 bits per heavy atom. The second kappa shape index (κ2) is 4.97. The summed E-state index contributed by atoms with van der Waals surface area (Å²) in [6.07, 6.45) is -1.15. The molecule has 0 amide bonds. The number of aliphatic hydroxyl groups is 2. The second-order valence-corrected chi connectivity index (χ2v) is 3.38. The van der Waals surface area contributed by atoms with Gasteiger partial charge in [0, 0.05) is 24.4 Å². The fourth-order valence-corrected chi connectivity index (χ4v) is 1.23. The minimum atomic E-state index is -1.27. The number of aliphatic hydroxyl groups excluding tert-OH is 2. The summed E-state index contributed by atoms with van der Waals surface area (Å²) in [5.74, 6) is 0. The van der Waals surface area contributed by atoms with Gasteiger partial charge in [-0.3, -0.25) is 15.1 Å². The summed E-state index contributed by atoms with van der Waals surface area (Å²) in [6, 6.07) is 1.19. The van der Waals surface area contributed by atoms with Crippen molar-refractivity contribution in [3.63, 3.8) is 0 Å². The molecule has 0 spiro atoms. The van der Waals surface area contributed by atoms with E-state index >= 15 is 0 Å². The van der Waals surface area contributed by atoms with Crippen molar-refractivity contribution in [3.8, 4) is 0 Å². The molecule has 16 heavy (non-hydrogen) atoms. The van der Waals surface area contributed by atoms with E-state index in [2.05, 4.69) is 4.98 Å². The zero-order valence-corrected chi connectivity index (χ0v) is 8.70. The van der Waals surface area contributed by atoms with Crippen LogP contribution >= 0.6 is 0 Å². The summed E-state index contributed by atoms with van der Waals surface area (Å²) in [7, 11) is 0. The number of aromatic nitrogens is 1. The van der Waals surface area contributed by atoms with Gasteiger partial charge in [-0.1, -0.05) is 0 Å². The average molecular weight is 227 g/mol. The highest BCUT2D eigenvalue weighted by Gasteiger charge is 2.21. The molecular weight excluding hydrogens is 214 g/mol. The maximum Gasteiger partial charge on any atom is 0.290 e. The molecule has 2 atom stereocenters. The van der Waals surface area contributed by atoms with Crippen molar-refractivity contribution in [3.05, 3.63) is 33.6 Å². The molecule has 0 radical (unpaired) electrons. The minimum absolute atomic E-state index is 0.136. The molecule has 7 nitrogen and oxygen atoms in total. The quantitative estimate of drug-likeness (QED) is 0.477. The van der Waals surface area contributed by atoms with Crippen LogP contribution in [0.1, 0.15) is 17.4 Å². The number of hydrogen-bond donors (Lipinski definition) is 3. The maximum absolute atomic E-state index is 10.6. The van der Waals surface area contributed by atoms with Crippen LogP contribution in [0.5, 0.6) is 0 Å². The first-order valence-electron chi connectivity index (χ1n) is 4.64. The van der Waals surface area contributed by atoms with Gasteiger partial charge in [0.05, 0.1) is 11.0 Å². The van der Waals surface area contributed by atoms with Gasteiger partial charge in [0.25, 0.3) is 5.69 Å². The smallest absolute Gasteiger partial charge is 0.290 e. The molecule has 7 heteroatoms. The van der Waals surface area contributed by atoms with Crippen LogP contribution in [0.3, 0.4) is 0 Å². The molecule has 1 aromatic heterocycles. The monoisotopic (exact) mass is 227 g/mol. The van der Waals surface area contributed by atoms with Crippen LogP contribution in [0.25, 0.3) is 0 Å². The van der Waals surface area contributed by atoms with Gasteiger partial charge in [-0.2, -0.15) is 0 Å². The molecule has 0 bridgehead atoms. The lowest BCUT2D eigenvalue weighted by Crippen LogP contribution is -2.27. The van der Waals surface area contributed by atoms with Crippen LogP contribution in [0, 0.1) is 17.0 Å². The molecule has 2 unspecified atom stereocenters. The molecule has 88 valence electrons. The first kappa shape index (κ1) is 12.5. The van der Waals surface area contributed by atoms with E-state index in [1.54, 1.807) is 0 Å². The SMILES string of the molecule is Cc1ncc(C(O)C(O)CN)cc1[N+](=O)[O-]. The summed E-state index contributed by atoms with van der Waals surface area (Å²) in [5.41, 5.74) is 5.41. The van der Waals surface area contributed by atoms with Crippen molar-refractivity contribution in [1.29, 1.82) is 0 Å². The van der Waals surface area contributed by atoms with Crippen LogP contribution in [0.15, 0.2) is 12.3 Å². The lowest BCUT2D eigenvalue weighted by Gasteiger charge is -2.15. The molecule has 0 aliphatic rings. The van der Waals surface area contributed by atoms with E-state index in [4.69, 9.17) is 5.73 Å². The number of aryl methyl sites for hydroxylation is 1. The van der Waals surface area contributed by atoms with Crippen molar-refractivity contribution < 1.29 is 15.1 Å². The highest BCUT2D eigenvalue weighted by Crippen LogP contribution is 2.22. The average Bonchev–Trinajstić information content (AvgIpc) is 2.27. The number of nitrogens with two attached hydrogens (primary N) is 1. The predicted molar refractivity (Wildman–Crippen MR) is 55.6 cm³/mol. The normalized spacial score (nSPS) is 14.5. The third-order valence-electron chi connectivity index (χ3n) is 2.23. The summed E-state index contributed by atoms with van der Waals surface area (Å²) < 4.78 is 0. The molecule has 1 rings (SSSR count). The molecule has 0 fully saturated rings. The number of hydrogen-bond acceptors (Lipinski definition) is 6. The Labute approximate surface area is 91.7 Å². The Hall–Kier alpha value is -1.57. The van der Waals surface area contributed by atoms with Gasteiger partial charge >= 0.3 is 0 Å². The van der Waals surface area contributed by atoms with E-state index in [0.717, 1.165) is 0 Å². The van der Waals surface area contributed by atoms with Crippen LogP contribution < -0.4 is 5.73 Å². The Morgan fingerprint density at radius 2 is 2.25 bits per heavy atom. The number of rotatable bonds is 4. The van der Waals surface area contributed by atoms with Crippen molar-refractivity contribution >= 4 is 5.69 Å². The fourth-order valence-electron chi connectivity index (χ4n) is 1.23. The third-order valence-corrected chi connectivity index (χ3v) is 2.23. The van der Waals surface area contributed by atoms with Gasteiger partial charge in [-0.15, -0.1) is 0 Å². The fraction of sp³-hybridized carbons (Fsp3) is 0.444. The van der Waals surface area contributed by atoms with Crippen LogP contribution in [-0.2, 0) is 0 Å². The molecule has 0 saturated carbocycles.